The SMILES string of the molecule is CCN(CCC(N)=S)C(=O)c1cncc(F)c1. The van der Waals surface area contributed by atoms with Crippen LogP contribution in [-0.4, -0.2) is 33.9 Å². The van der Waals surface area contributed by atoms with Crippen molar-refractivity contribution in [3.8, 4) is 0 Å². The standard InChI is InChI=1S/C11H14FN3OS/c1-2-15(4-3-10(13)17)11(16)8-5-9(12)7-14-6-8/h5-7H,2-4H2,1H3,(H2,13,17). The summed E-state index contributed by atoms with van der Waals surface area (Å²) in [6.45, 7) is 2.78. The predicted molar refractivity (Wildman–Crippen MR) is 67.2 cm³/mol. The van der Waals surface area contributed by atoms with Crippen LogP contribution in [0.15, 0.2) is 18.5 Å². The summed E-state index contributed by atoms with van der Waals surface area (Å²) in [4.78, 5) is 17.5. The normalized spacial score (nSPS) is 10.0. The van der Waals surface area contributed by atoms with Crippen molar-refractivity contribution < 1.29 is 9.18 Å². The Kier molecular flexibility index (Phi) is 4.96. The molecule has 1 heterocycles. The van der Waals surface area contributed by atoms with Crippen molar-refractivity contribution in [3.05, 3.63) is 29.8 Å². The van der Waals surface area contributed by atoms with E-state index in [0.717, 1.165) is 6.20 Å². The number of aromatic nitrogens is 1. The van der Waals surface area contributed by atoms with Gasteiger partial charge >= 0.3 is 0 Å². The summed E-state index contributed by atoms with van der Waals surface area (Å²) < 4.78 is 12.9. The molecule has 6 heteroatoms. The first-order chi connectivity index (χ1) is 8.04. The predicted octanol–water partition coefficient (Wildman–Crippen LogP) is 1.36. The Balaban J connectivity index is 2.75. The number of nitrogens with two attached hydrogens (primary N) is 1. The minimum atomic E-state index is -0.527. The van der Waals surface area contributed by atoms with Crippen molar-refractivity contribution in [3.63, 3.8) is 0 Å². The number of amides is 1. The lowest BCUT2D eigenvalue weighted by Crippen LogP contribution is -2.33. The van der Waals surface area contributed by atoms with Crippen LogP contribution in [0, 0.1) is 5.82 Å². The van der Waals surface area contributed by atoms with Gasteiger partial charge in [-0.2, -0.15) is 0 Å². The van der Waals surface area contributed by atoms with Crippen LogP contribution < -0.4 is 5.73 Å². The van der Waals surface area contributed by atoms with Gasteiger partial charge in [0.15, 0.2) is 0 Å². The van der Waals surface area contributed by atoms with Crippen LogP contribution in [0.3, 0.4) is 0 Å². The highest BCUT2D eigenvalue weighted by Crippen LogP contribution is 2.06. The quantitative estimate of drug-likeness (QED) is 0.807. The first-order valence-corrected chi connectivity index (χ1v) is 5.63. The first-order valence-electron chi connectivity index (χ1n) is 5.22. The van der Waals surface area contributed by atoms with Crippen molar-refractivity contribution in [1.82, 2.24) is 9.88 Å². The van der Waals surface area contributed by atoms with Crippen molar-refractivity contribution in [2.45, 2.75) is 13.3 Å². The van der Waals surface area contributed by atoms with Crippen LogP contribution in [0.2, 0.25) is 0 Å². The largest absolute Gasteiger partial charge is 0.393 e. The number of hydrogen-bond donors (Lipinski definition) is 1. The zero-order valence-corrected chi connectivity index (χ0v) is 10.3. The molecule has 2 N–H and O–H groups in total. The molecule has 0 saturated carbocycles. The van der Waals surface area contributed by atoms with E-state index in [1.165, 1.54) is 12.3 Å². The van der Waals surface area contributed by atoms with Gasteiger partial charge in [-0.05, 0) is 13.0 Å². The molecule has 1 aromatic rings. The average molecular weight is 255 g/mol. The number of carbonyl (C=O) groups is 1. The molecule has 0 atom stereocenters. The summed E-state index contributed by atoms with van der Waals surface area (Å²) in [7, 11) is 0. The van der Waals surface area contributed by atoms with E-state index in [9.17, 15) is 9.18 Å². The molecule has 92 valence electrons. The second kappa shape index (κ2) is 6.24. The molecule has 17 heavy (non-hydrogen) atoms. The highest BCUT2D eigenvalue weighted by Gasteiger charge is 2.14. The molecular weight excluding hydrogens is 241 g/mol. The highest BCUT2D eigenvalue weighted by atomic mass is 32.1. The van der Waals surface area contributed by atoms with E-state index in [-0.39, 0.29) is 11.5 Å². The third kappa shape index (κ3) is 4.07. The molecule has 0 radical (unpaired) electrons. The molecule has 0 bridgehead atoms. The lowest BCUT2D eigenvalue weighted by Gasteiger charge is -2.20. The maximum atomic E-state index is 12.9. The topological polar surface area (TPSA) is 59.2 Å². The Hall–Kier alpha value is -1.56. The molecule has 0 spiro atoms. The number of halogens is 1. The molecule has 0 aliphatic carbocycles. The van der Waals surface area contributed by atoms with Crippen LogP contribution in [0.25, 0.3) is 0 Å². The summed E-state index contributed by atoms with van der Waals surface area (Å²) in [6.07, 6.45) is 2.86. The maximum Gasteiger partial charge on any atom is 0.255 e. The summed E-state index contributed by atoms with van der Waals surface area (Å²) in [6, 6.07) is 1.17. The van der Waals surface area contributed by atoms with E-state index in [4.69, 9.17) is 18.0 Å². The monoisotopic (exact) mass is 255 g/mol. The molecule has 0 saturated heterocycles. The smallest absolute Gasteiger partial charge is 0.255 e. The molecular formula is C11H14FN3OS. The Labute approximate surface area is 105 Å². The molecule has 1 aromatic heterocycles. The molecule has 0 aliphatic heterocycles. The molecule has 4 nitrogen and oxygen atoms in total. The van der Waals surface area contributed by atoms with Gasteiger partial charge in [-0.15, -0.1) is 0 Å². The first kappa shape index (κ1) is 13.5. The minimum absolute atomic E-state index is 0.231. The van der Waals surface area contributed by atoms with E-state index < -0.39 is 5.82 Å². The van der Waals surface area contributed by atoms with Gasteiger partial charge in [0, 0.05) is 25.7 Å². The van der Waals surface area contributed by atoms with Gasteiger partial charge in [-0.3, -0.25) is 9.78 Å². The van der Waals surface area contributed by atoms with Gasteiger partial charge in [0.2, 0.25) is 0 Å². The van der Waals surface area contributed by atoms with Gasteiger partial charge < -0.3 is 10.6 Å². The average Bonchev–Trinajstić information content (AvgIpc) is 2.29. The Morgan fingerprint density at radius 2 is 2.29 bits per heavy atom. The van der Waals surface area contributed by atoms with Crippen molar-refractivity contribution >= 4 is 23.1 Å². The summed E-state index contributed by atoms with van der Waals surface area (Å²) >= 11 is 4.75. The third-order valence-electron chi connectivity index (χ3n) is 2.25. The Morgan fingerprint density at radius 3 is 2.82 bits per heavy atom. The minimum Gasteiger partial charge on any atom is -0.393 e. The van der Waals surface area contributed by atoms with E-state index in [1.54, 1.807) is 4.90 Å². The Bertz CT molecular complexity index is 425. The second-order valence-electron chi connectivity index (χ2n) is 3.49. The van der Waals surface area contributed by atoms with Crippen LogP contribution >= 0.6 is 12.2 Å². The fraction of sp³-hybridized carbons (Fsp3) is 0.364. The van der Waals surface area contributed by atoms with Gasteiger partial charge in [-0.25, -0.2) is 4.39 Å². The molecule has 0 aromatic carbocycles. The number of hydrogen-bond acceptors (Lipinski definition) is 3. The fourth-order valence-corrected chi connectivity index (χ4v) is 1.45. The van der Waals surface area contributed by atoms with E-state index in [1.807, 2.05) is 6.92 Å². The fourth-order valence-electron chi connectivity index (χ4n) is 1.36. The molecule has 0 unspecified atom stereocenters. The van der Waals surface area contributed by atoms with Crippen molar-refractivity contribution in [2.75, 3.05) is 13.1 Å². The number of pyridine rings is 1. The van der Waals surface area contributed by atoms with Crippen LogP contribution in [0.4, 0.5) is 4.39 Å². The molecule has 1 rings (SSSR count). The zero-order valence-electron chi connectivity index (χ0n) is 9.52. The van der Waals surface area contributed by atoms with Gasteiger partial charge in [0.05, 0.1) is 16.7 Å². The molecule has 1 amide bonds. The van der Waals surface area contributed by atoms with E-state index in [2.05, 4.69) is 4.98 Å². The number of thiocarbonyl (C=S) groups is 1. The van der Waals surface area contributed by atoms with Crippen LogP contribution in [0.1, 0.15) is 23.7 Å². The molecule has 0 fully saturated rings. The summed E-state index contributed by atoms with van der Waals surface area (Å²) in [5, 5.41) is 0. The maximum absolute atomic E-state index is 12.9. The van der Waals surface area contributed by atoms with Gasteiger partial charge in [-0.1, -0.05) is 12.2 Å². The van der Waals surface area contributed by atoms with Gasteiger partial charge in [0.25, 0.3) is 5.91 Å². The van der Waals surface area contributed by atoms with Crippen molar-refractivity contribution in [1.29, 1.82) is 0 Å². The zero-order chi connectivity index (χ0) is 12.8. The number of nitrogens with zero attached hydrogens (tertiary/aromatic N) is 2. The summed E-state index contributed by atoms with van der Waals surface area (Å²) in [5.41, 5.74) is 5.61. The summed E-state index contributed by atoms with van der Waals surface area (Å²) in [5.74, 6) is -0.794. The van der Waals surface area contributed by atoms with E-state index in [0.29, 0.717) is 24.5 Å². The number of rotatable bonds is 5. The lowest BCUT2D eigenvalue weighted by molar-refractivity contribution is 0.0768. The van der Waals surface area contributed by atoms with Crippen molar-refractivity contribution in [2.24, 2.45) is 5.73 Å². The van der Waals surface area contributed by atoms with Crippen LogP contribution in [0.5, 0.6) is 0 Å². The second-order valence-corrected chi connectivity index (χ2v) is 4.02. The van der Waals surface area contributed by atoms with E-state index >= 15 is 0 Å². The Morgan fingerprint density at radius 1 is 1.59 bits per heavy atom. The number of carbonyl (C=O) groups excluding carboxylic acids is 1. The lowest BCUT2D eigenvalue weighted by atomic mass is 10.2. The van der Waals surface area contributed by atoms with Gasteiger partial charge in [0.1, 0.15) is 5.82 Å². The molecule has 0 aliphatic rings. The van der Waals surface area contributed by atoms with Crippen LogP contribution in [-0.2, 0) is 0 Å². The highest BCUT2D eigenvalue weighted by molar-refractivity contribution is 7.80. The third-order valence-corrected chi connectivity index (χ3v) is 2.45.